The lowest BCUT2D eigenvalue weighted by Gasteiger charge is -2.09. The van der Waals surface area contributed by atoms with Gasteiger partial charge >= 0.3 is 0 Å². The van der Waals surface area contributed by atoms with Crippen molar-refractivity contribution in [1.82, 2.24) is 39.9 Å². The van der Waals surface area contributed by atoms with Gasteiger partial charge < -0.3 is 0 Å². The Hall–Kier alpha value is -10.2. The lowest BCUT2D eigenvalue weighted by atomic mass is 10.0. The zero-order valence-electron chi connectivity index (χ0n) is 55.5. The van der Waals surface area contributed by atoms with E-state index < -0.39 is 0 Å². The molecule has 8 heterocycles. The molecule has 0 spiro atoms. The van der Waals surface area contributed by atoms with Crippen LogP contribution < -0.4 is 18.3 Å². The molecule has 13 rings (SSSR count). The first kappa shape index (κ1) is 64.8. The van der Waals surface area contributed by atoms with E-state index in [0.29, 0.717) is 11.8 Å². The lowest BCUT2D eigenvalue weighted by molar-refractivity contribution is -0.660. The van der Waals surface area contributed by atoms with E-state index in [1.165, 1.54) is 93.0 Å². The van der Waals surface area contributed by atoms with E-state index in [0.717, 1.165) is 80.9 Å². The molecule has 12 aromatic rings. The Bertz CT molecular complexity index is 4460. The Balaban J connectivity index is 0.000000135. The quantitative estimate of drug-likeness (QED) is 0.111. The number of benzene rings is 4. The first-order chi connectivity index (χ1) is 44.6. The molecule has 12 heteroatoms. The maximum Gasteiger partial charge on any atom is 0.212 e. The van der Waals surface area contributed by atoms with E-state index in [4.69, 9.17) is 9.97 Å². The predicted octanol–water partition coefficient (Wildman–Crippen LogP) is 15.5. The predicted molar refractivity (Wildman–Crippen MR) is 369 cm³/mol. The summed E-state index contributed by atoms with van der Waals surface area (Å²) in [6.45, 7) is 16.9. The van der Waals surface area contributed by atoms with Crippen molar-refractivity contribution in [2.75, 3.05) is 0 Å². The van der Waals surface area contributed by atoms with Crippen molar-refractivity contribution >= 4 is 0 Å². The van der Waals surface area contributed by atoms with E-state index in [2.05, 4.69) is 295 Å². The normalized spacial score (nSPS) is 11.9. The molecule has 92 heavy (non-hydrogen) atoms. The molecular formula is C80H86N12+4. The van der Waals surface area contributed by atoms with E-state index in [-0.39, 0.29) is 0 Å². The van der Waals surface area contributed by atoms with E-state index in [1.54, 1.807) is 0 Å². The highest BCUT2D eigenvalue weighted by Gasteiger charge is 2.22. The third kappa shape index (κ3) is 16.2. The highest BCUT2D eigenvalue weighted by atomic mass is 15.0. The van der Waals surface area contributed by atoms with Gasteiger partial charge in [0.05, 0.1) is 22.5 Å². The fourth-order valence-corrected chi connectivity index (χ4v) is 11.8. The molecule has 0 radical (unpaired) electrons. The summed E-state index contributed by atoms with van der Waals surface area (Å²) in [5, 5.41) is 0. The van der Waals surface area contributed by atoms with Crippen molar-refractivity contribution in [3.8, 4) is 89.8 Å². The number of rotatable bonds is 12. The van der Waals surface area contributed by atoms with Gasteiger partial charge in [-0.15, -0.1) is 0 Å². The Kier molecular flexibility index (Phi) is 21.5. The second-order valence-electron chi connectivity index (χ2n) is 24.4. The second kappa shape index (κ2) is 30.5. The molecule has 8 aromatic heterocycles. The van der Waals surface area contributed by atoms with Crippen LogP contribution in [0.2, 0.25) is 0 Å². The van der Waals surface area contributed by atoms with Crippen molar-refractivity contribution in [3.05, 3.63) is 265 Å². The molecule has 0 aliphatic heterocycles. The third-order valence-corrected chi connectivity index (χ3v) is 17.0. The van der Waals surface area contributed by atoms with Crippen LogP contribution in [-0.2, 0) is 41.0 Å². The molecule has 1 fully saturated rings. The van der Waals surface area contributed by atoms with Crippen molar-refractivity contribution in [3.63, 3.8) is 0 Å². The van der Waals surface area contributed by atoms with Gasteiger partial charge in [0.25, 0.3) is 0 Å². The fourth-order valence-electron chi connectivity index (χ4n) is 11.8. The molecule has 0 saturated heterocycles. The smallest absolute Gasteiger partial charge is 0.212 e. The van der Waals surface area contributed by atoms with E-state index >= 15 is 0 Å². The minimum atomic E-state index is 0.542. The monoisotopic (exact) mass is 1210 g/mol. The summed E-state index contributed by atoms with van der Waals surface area (Å²) >= 11 is 0. The van der Waals surface area contributed by atoms with Gasteiger partial charge in [0.2, 0.25) is 22.8 Å². The number of pyridine rings is 4. The van der Waals surface area contributed by atoms with Gasteiger partial charge in [-0.1, -0.05) is 106 Å². The number of aromatic nitrogens is 12. The maximum absolute atomic E-state index is 4.86. The van der Waals surface area contributed by atoms with Crippen LogP contribution in [0.3, 0.4) is 0 Å². The fraction of sp³-hybridized carbons (Fsp3) is 0.250. The SMILES string of the molecule is CCc1ncc(-c2ccc(-c3ccccc3C)[n+](C)c2)cn1.Cc1ccccc1-c1ccc(-c2ccnc(C3CCCC3)n2)c[n+]1C.Cc1ccccc1-c1ccc(-c2ccnc(CC(C)C)n2)c[n+]1C.Cc1ncc(-c2ccc(-c3ccccc3C)[n+](C)c2)cn1. The van der Waals surface area contributed by atoms with Crippen LogP contribution in [0.4, 0.5) is 0 Å². The van der Waals surface area contributed by atoms with E-state index in [1.807, 2.05) is 56.2 Å². The molecule has 1 saturated carbocycles. The van der Waals surface area contributed by atoms with Crippen LogP contribution in [0.15, 0.2) is 220 Å². The minimum absolute atomic E-state index is 0.542. The van der Waals surface area contributed by atoms with Crippen molar-refractivity contribution in [2.24, 2.45) is 34.1 Å². The third-order valence-electron chi connectivity index (χ3n) is 17.0. The molecule has 0 bridgehead atoms. The van der Waals surface area contributed by atoms with Crippen LogP contribution in [0.5, 0.6) is 0 Å². The summed E-state index contributed by atoms with van der Waals surface area (Å²) in [6.07, 6.45) is 26.7. The Labute approximate surface area is 544 Å². The van der Waals surface area contributed by atoms with Gasteiger partial charge in [0, 0.05) is 125 Å². The molecule has 0 atom stereocenters. The summed E-state index contributed by atoms with van der Waals surface area (Å²) < 4.78 is 8.67. The summed E-state index contributed by atoms with van der Waals surface area (Å²) in [5.74, 6) is 4.69. The van der Waals surface area contributed by atoms with E-state index in [9.17, 15) is 0 Å². The number of aryl methyl sites for hydroxylation is 10. The number of nitrogens with zero attached hydrogens (tertiary/aromatic N) is 12. The standard InChI is InChI=1S/C22H24N3.C21H24N3.C19H20N3.C18H18N3/c1-16-7-3-6-10-19(16)21-12-11-18(15-25(21)2)20-13-14-23-22(24-20)17-8-4-5-9-17;1-15(2)13-21-22-12-11-19(23-21)17-9-10-20(24(4)14-17)18-8-6-5-7-16(18)3;1-4-19-20-11-16(12-21-19)15-9-10-18(22(3)13-15)17-8-6-5-7-14(17)2;1-13-6-4-5-7-17(13)18-9-8-15(12-21(18)3)16-10-19-14(2)20-11-16/h3,6-7,10-15,17H,4-5,8-9H2,1-2H3;5-12,14-15H,13H2,1-4H3;5-13H,4H2,1-3H3;4-12H,1-3H3/q4*+1. The molecule has 1 aliphatic rings. The molecular weight excluding hydrogens is 1130 g/mol. The van der Waals surface area contributed by atoms with Gasteiger partial charge in [-0.2, -0.15) is 0 Å². The van der Waals surface area contributed by atoms with Crippen LogP contribution >= 0.6 is 0 Å². The molecule has 0 N–H and O–H groups in total. The number of hydrogen-bond donors (Lipinski definition) is 0. The van der Waals surface area contributed by atoms with Crippen molar-refractivity contribution in [2.45, 2.75) is 99.8 Å². The zero-order valence-corrected chi connectivity index (χ0v) is 55.5. The van der Waals surface area contributed by atoms with Gasteiger partial charge in [-0.25, -0.2) is 58.1 Å². The summed E-state index contributed by atoms with van der Waals surface area (Å²) in [4.78, 5) is 35.8. The topological polar surface area (TPSA) is 119 Å². The van der Waals surface area contributed by atoms with Gasteiger partial charge in [-0.05, 0) is 136 Å². The Morgan fingerprint density at radius 2 is 0.739 bits per heavy atom. The first-order valence-corrected chi connectivity index (χ1v) is 32.1. The van der Waals surface area contributed by atoms with Crippen molar-refractivity contribution < 1.29 is 18.3 Å². The zero-order chi connectivity index (χ0) is 64.7. The van der Waals surface area contributed by atoms with Crippen LogP contribution in [0.25, 0.3) is 89.8 Å². The average Bonchev–Trinajstić information content (AvgIpc) is 1.13. The highest BCUT2D eigenvalue weighted by Crippen LogP contribution is 2.33. The average molecular weight is 1220 g/mol. The highest BCUT2D eigenvalue weighted by molar-refractivity contribution is 5.68. The van der Waals surface area contributed by atoms with Crippen LogP contribution in [0, 0.1) is 40.5 Å². The van der Waals surface area contributed by atoms with Crippen LogP contribution in [0.1, 0.15) is 97.9 Å². The maximum atomic E-state index is 4.86. The van der Waals surface area contributed by atoms with Crippen LogP contribution in [-0.4, -0.2) is 39.9 Å². The molecule has 12 nitrogen and oxygen atoms in total. The lowest BCUT2D eigenvalue weighted by Crippen LogP contribution is -2.31. The molecule has 4 aromatic carbocycles. The van der Waals surface area contributed by atoms with Gasteiger partial charge in [0.1, 0.15) is 51.5 Å². The molecule has 0 unspecified atom stereocenters. The molecule has 0 amide bonds. The summed E-state index contributed by atoms with van der Waals surface area (Å²) in [7, 11) is 8.33. The second-order valence-corrected chi connectivity index (χ2v) is 24.4. The first-order valence-electron chi connectivity index (χ1n) is 32.1. The summed E-state index contributed by atoms with van der Waals surface area (Å²) in [6, 6.07) is 55.1. The Morgan fingerprint density at radius 1 is 0.380 bits per heavy atom. The summed E-state index contributed by atoms with van der Waals surface area (Å²) in [5.41, 5.74) is 23.6. The van der Waals surface area contributed by atoms with Gasteiger partial charge in [-0.3, -0.25) is 0 Å². The van der Waals surface area contributed by atoms with Crippen molar-refractivity contribution in [1.29, 1.82) is 0 Å². The largest absolute Gasteiger partial charge is 0.241 e. The molecule has 1 aliphatic carbocycles. The van der Waals surface area contributed by atoms with Gasteiger partial charge in [0.15, 0.2) is 24.8 Å². The Morgan fingerprint density at radius 3 is 1.12 bits per heavy atom. The number of hydrogen-bond acceptors (Lipinski definition) is 8. The molecule has 462 valence electrons. The minimum Gasteiger partial charge on any atom is -0.241 e.